The van der Waals surface area contributed by atoms with Gasteiger partial charge in [0.15, 0.2) is 0 Å². The van der Waals surface area contributed by atoms with Gasteiger partial charge < -0.3 is 10.0 Å². The van der Waals surface area contributed by atoms with Crippen LogP contribution in [0, 0.1) is 9.62 Å². The van der Waals surface area contributed by atoms with Gasteiger partial charge in [0.1, 0.15) is 9.45 Å². The minimum absolute atomic E-state index is 0.0106. The number of rotatable bonds is 1. The predicted octanol–water partition coefficient (Wildman–Crippen LogP) is 2.02. The van der Waals surface area contributed by atoms with Gasteiger partial charge in [-0.2, -0.15) is 0 Å². The number of carbonyl (C=O) groups excluding carboxylic acids is 1. The van der Waals surface area contributed by atoms with Crippen molar-refractivity contribution in [2.75, 3.05) is 6.54 Å². The van der Waals surface area contributed by atoms with Crippen LogP contribution in [-0.4, -0.2) is 33.5 Å². The lowest BCUT2D eigenvalue weighted by atomic mass is 10.1. The number of piperidine rings is 1. The highest BCUT2D eigenvalue weighted by molar-refractivity contribution is 14.1. The lowest BCUT2D eigenvalue weighted by Crippen LogP contribution is -2.37. The van der Waals surface area contributed by atoms with Gasteiger partial charge in [-0.3, -0.25) is 4.79 Å². The van der Waals surface area contributed by atoms with Gasteiger partial charge in [0.25, 0.3) is 5.91 Å². The molecule has 2 bridgehead atoms. The molecule has 17 heavy (non-hydrogen) atoms. The molecule has 1 N–H and O–H groups in total. The maximum atomic E-state index is 12.3. The number of amides is 1. The van der Waals surface area contributed by atoms with Crippen LogP contribution in [0.15, 0.2) is 12.3 Å². The van der Waals surface area contributed by atoms with Crippen molar-refractivity contribution < 1.29 is 9.90 Å². The van der Waals surface area contributed by atoms with Crippen molar-refractivity contribution in [1.82, 2.24) is 9.88 Å². The minimum Gasteiger partial charge on any atom is -0.505 e. The third-order valence-electron chi connectivity index (χ3n) is 3.74. The number of carbonyl (C=O) groups is 1. The molecule has 2 heterocycles. The number of pyridine rings is 1. The van der Waals surface area contributed by atoms with Crippen molar-refractivity contribution in [3.05, 3.63) is 21.5 Å². The maximum absolute atomic E-state index is 12.3. The Kier molecular flexibility index (Phi) is 2.72. The van der Waals surface area contributed by atoms with Crippen LogP contribution in [-0.2, 0) is 0 Å². The molecule has 1 amide bonds. The number of halogens is 1. The van der Waals surface area contributed by atoms with E-state index in [-0.39, 0.29) is 11.7 Å². The molecule has 2 aliphatic rings. The van der Waals surface area contributed by atoms with Gasteiger partial charge in [0.05, 0.1) is 5.56 Å². The van der Waals surface area contributed by atoms with Crippen molar-refractivity contribution in [2.45, 2.75) is 25.3 Å². The van der Waals surface area contributed by atoms with Crippen LogP contribution < -0.4 is 0 Å². The first-order chi connectivity index (χ1) is 8.15. The van der Waals surface area contributed by atoms with Crippen molar-refractivity contribution in [1.29, 1.82) is 0 Å². The van der Waals surface area contributed by atoms with Gasteiger partial charge >= 0.3 is 0 Å². The zero-order chi connectivity index (χ0) is 12.0. The average Bonchev–Trinajstić information content (AvgIpc) is 2.93. The normalized spacial score (nSPS) is 26.5. The molecule has 90 valence electrons. The highest BCUT2D eigenvalue weighted by atomic mass is 127. The van der Waals surface area contributed by atoms with E-state index in [0.29, 0.717) is 21.2 Å². The number of hydrogen-bond acceptors (Lipinski definition) is 3. The molecule has 1 aliphatic carbocycles. The van der Waals surface area contributed by atoms with Crippen LogP contribution in [0.5, 0.6) is 5.75 Å². The SMILES string of the molecule is O=C(c1cnc(I)c(O)c1)N1CC2CCC1C2. The van der Waals surface area contributed by atoms with Crippen molar-refractivity contribution in [3.8, 4) is 5.75 Å². The van der Waals surface area contributed by atoms with E-state index in [1.54, 1.807) is 6.20 Å². The Hall–Kier alpha value is -0.850. The topological polar surface area (TPSA) is 53.4 Å². The number of fused-ring (bicyclic) bond motifs is 2. The van der Waals surface area contributed by atoms with Crippen LogP contribution >= 0.6 is 22.6 Å². The van der Waals surface area contributed by atoms with E-state index in [4.69, 9.17) is 0 Å². The first-order valence-electron chi connectivity index (χ1n) is 5.80. The monoisotopic (exact) mass is 344 g/mol. The van der Waals surface area contributed by atoms with Crippen LogP contribution in [0.25, 0.3) is 0 Å². The van der Waals surface area contributed by atoms with Gasteiger partial charge in [0, 0.05) is 18.8 Å². The predicted molar refractivity (Wildman–Crippen MR) is 70.8 cm³/mol. The fraction of sp³-hybridized carbons (Fsp3) is 0.500. The van der Waals surface area contributed by atoms with E-state index in [0.717, 1.165) is 19.4 Å². The second kappa shape index (κ2) is 4.12. The van der Waals surface area contributed by atoms with Crippen LogP contribution in [0.3, 0.4) is 0 Å². The first-order valence-corrected chi connectivity index (χ1v) is 6.88. The summed E-state index contributed by atoms with van der Waals surface area (Å²) in [5.74, 6) is 0.784. The largest absolute Gasteiger partial charge is 0.505 e. The van der Waals surface area contributed by atoms with E-state index in [2.05, 4.69) is 4.98 Å². The zero-order valence-electron chi connectivity index (χ0n) is 9.27. The number of aromatic nitrogens is 1. The molecule has 5 heteroatoms. The fourth-order valence-electron chi connectivity index (χ4n) is 2.89. The number of likely N-dealkylation sites (tertiary alicyclic amines) is 1. The summed E-state index contributed by atoms with van der Waals surface area (Å²) in [6.07, 6.45) is 5.08. The van der Waals surface area contributed by atoms with Gasteiger partial charge in [-0.25, -0.2) is 4.98 Å². The molecular weight excluding hydrogens is 331 g/mol. The Morgan fingerprint density at radius 2 is 2.35 bits per heavy atom. The standard InChI is InChI=1S/C12H13IN2O2/c13-11-10(16)4-8(5-14-11)12(17)15-6-7-1-2-9(15)3-7/h4-5,7,9,16H,1-3,6H2. The van der Waals surface area contributed by atoms with Crippen LogP contribution in [0.1, 0.15) is 29.6 Å². The summed E-state index contributed by atoms with van der Waals surface area (Å²) in [6.45, 7) is 0.871. The molecule has 1 aliphatic heterocycles. The lowest BCUT2D eigenvalue weighted by Gasteiger charge is -2.26. The van der Waals surface area contributed by atoms with Gasteiger partial charge in [0.2, 0.25) is 0 Å². The van der Waals surface area contributed by atoms with E-state index in [1.807, 2.05) is 27.5 Å². The number of nitrogens with zero attached hydrogens (tertiary/aromatic N) is 2. The molecule has 1 aromatic heterocycles. The number of hydrogen-bond donors (Lipinski definition) is 1. The van der Waals surface area contributed by atoms with Crippen LogP contribution in [0.4, 0.5) is 0 Å². The van der Waals surface area contributed by atoms with Crippen molar-refractivity contribution in [2.24, 2.45) is 5.92 Å². The Morgan fingerprint density at radius 1 is 1.53 bits per heavy atom. The zero-order valence-corrected chi connectivity index (χ0v) is 11.4. The Labute approximate surface area is 113 Å². The Morgan fingerprint density at radius 3 is 2.94 bits per heavy atom. The van der Waals surface area contributed by atoms with Gasteiger partial charge in [-0.15, -0.1) is 0 Å². The molecule has 2 atom stereocenters. The highest BCUT2D eigenvalue weighted by Gasteiger charge is 2.40. The van der Waals surface area contributed by atoms with Crippen LogP contribution in [0.2, 0.25) is 0 Å². The molecule has 0 spiro atoms. The summed E-state index contributed by atoms with van der Waals surface area (Å²) in [7, 11) is 0. The highest BCUT2D eigenvalue weighted by Crippen LogP contribution is 2.38. The second-order valence-electron chi connectivity index (χ2n) is 4.82. The molecule has 4 nitrogen and oxygen atoms in total. The summed E-state index contributed by atoms with van der Waals surface area (Å²) in [4.78, 5) is 18.2. The minimum atomic E-state index is 0.0106. The summed E-state index contributed by atoms with van der Waals surface area (Å²) in [5.41, 5.74) is 0.496. The molecule has 1 saturated carbocycles. The third-order valence-corrected chi connectivity index (χ3v) is 4.57. The van der Waals surface area contributed by atoms with Gasteiger partial charge in [-0.05, 0) is 53.8 Å². The quantitative estimate of drug-likeness (QED) is 0.627. The molecular formula is C12H13IN2O2. The average molecular weight is 344 g/mol. The molecule has 2 fully saturated rings. The summed E-state index contributed by atoms with van der Waals surface area (Å²) < 4.78 is 0.530. The fourth-order valence-corrected chi connectivity index (χ4v) is 3.19. The number of aromatic hydroxyl groups is 1. The summed E-state index contributed by atoms with van der Waals surface area (Å²) >= 11 is 1.95. The Balaban J connectivity index is 1.84. The second-order valence-corrected chi connectivity index (χ2v) is 5.85. The maximum Gasteiger partial charge on any atom is 0.255 e. The molecule has 1 aromatic rings. The Bertz CT molecular complexity index is 478. The first kappa shape index (κ1) is 11.3. The van der Waals surface area contributed by atoms with Gasteiger partial charge in [-0.1, -0.05) is 0 Å². The van der Waals surface area contributed by atoms with E-state index >= 15 is 0 Å². The lowest BCUT2D eigenvalue weighted by molar-refractivity contribution is 0.0702. The molecule has 0 aromatic carbocycles. The van der Waals surface area contributed by atoms with Crippen molar-refractivity contribution in [3.63, 3.8) is 0 Å². The molecule has 1 saturated heterocycles. The van der Waals surface area contributed by atoms with Crippen molar-refractivity contribution >= 4 is 28.5 Å². The van der Waals surface area contributed by atoms with E-state index in [9.17, 15) is 9.90 Å². The summed E-state index contributed by atoms with van der Waals surface area (Å²) in [6, 6.07) is 1.93. The smallest absolute Gasteiger partial charge is 0.255 e. The van der Waals surface area contributed by atoms with E-state index < -0.39 is 0 Å². The third kappa shape index (κ3) is 1.90. The molecule has 3 rings (SSSR count). The molecule has 0 radical (unpaired) electrons. The summed E-state index contributed by atoms with van der Waals surface area (Å²) in [5, 5.41) is 9.58. The van der Waals surface area contributed by atoms with E-state index in [1.165, 1.54) is 12.5 Å². The molecule has 2 unspecified atom stereocenters.